The highest BCUT2D eigenvalue weighted by Gasteiger charge is 2.27. The molecule has 2 heterocycles. The third-order valence-corrected chi connectivity index (χ3v) is 5.40. The fourth-order valence-electron chi connectivity index (χ4n) is 3.94. The maximum Gasteiger partial charge on any atom is 0.356 e. The summed E-state index contributed by atoms with van der Waals surface area (Å²) in [6.07, 6.45) is 3.85. The Labute approximate surface area is 181 Å². The van der Waals surface area contributed by atoms with Crippen LogP contribution in [0.3, 0.4) is 0 Å². The molecule has 160 valence electrons. The zero-order valence-electron chi connectivity index (χ0n) is 16.8. The monoisotopic (exact) mass is 431 g/mol. The van der Waals surface area contributed by atoms with E-state index in [0.717, 1.165) is 24.1 Å². The Hall–Kier alpha value is -4.27. The maximum atomic E-state index is 14.4. The normalized spacial score (nSPS) is 12.5. The lowest BCUT2D eigenvalue weighted by atomic mass is 10.2. The van der Waals surface area contributed by atoms with Gasteiger partial charge in [0.1, 0.15) is 11.5 Å². The molecule has 0 aliphatic heterocycles. The highest BCUT2D eigenvalue weighted by Crippen LogP contribution is 2.29. The number of carboxylic acids is 1. The fourth-order valence-corrected chi connectivity index (χ4v) is 3.94. The van der Waals surface area contributed by atoms with Crippen molar-refractivity contribution >= 4 is 17.6 Å². The van der Waals surface area contributed by atoms with E-state index in [-0.39, 0.29) is 17.3 Å². The van der Waals surface area contributed by atoms with Crippen molar-refractivity contribution in [1.29, 1.82) is 0 Å². The number of halogens is 1. The van der Waals surface area contributed by atoms with Crippen molar-refractivity contribution in [2.45, 2.75) is 19.3 Å². The van der Waals surface area contributed by atoms with Gasteiger partial charge in [0, 0.05) is 23.1 Å². The molecule has 2 aromatic heterocycles. The van der Waals surface area contributed by atoms with Crippen LogP contribution in [-0.4, -0.2) is 36.5 Å². The Kier molecular flexibility index (Phi) is 4.78. The zero-order chi connectivity index (χ0) is 22.2. The number of aromatic carboxylic acids is 1. The first-order valence-electron chi connectivity index (χ1n) is 10.1. The number of hydrogen-bond acceptors (Lipinski definition) is 4. The number of fused-ring (bicyclic) bond motifs is 1. The number of nitrogens with zero attached hydrogens (tertiary/aromatic N) is 4. The number of amides is 1. The van der Waals surface area contributed by atoms with E-state index in [0.29, 0.717) is 23.5 Å². The summed E-state index contributed by atoms with van der Waals surface area (Å²) >= 11 is 0. The van der Waals surface area contributed by atoms with Crippen LogP contribution in [0.15, 0.2) is 60.8 Å². The quantitative estimate of drug-likeness (QED) is 0.502. The summed E-state index contributed by atoms with van der Waals surface area (Å²) in [6, 6.07) is 14.6. The van der Waals surface area contributed by atoms with Crippen molar-refractivity contribution < 1.29 is 19.1 Å². The van der Waals surface area contributed by atoms with Gasteiger partial charge in [-0.2, -0.15) is 10.2 Å². The van der Waals surface area contributed by atoms with Gasteiger partial charge in [-0.1, -0.05) is 18.2 Å². The number of hydrogen-bond donors (Lipinski definition) is 2. The van der Waals surface area contributed by atoms with Gasteiger partial charge in [0.15, 0.2) is 11.4 Å². The predicted molar refractivity (Wildman–Crippen MR) is 114 cm³/mol. The molecule has 0 radical (unpaired) electrons. The van der Waals surface area contributed by atoms with Gasteiger partial charge in [0.25, 0.3) is 5.91 Å². The molecule has 8 nitrogen and oxygen atoms in total. The molecule has 2 aromatic carbocycles. The number of carbonyl (C=O) groups excluding carboxylic acids is 1. The van der Waals surface area contributed by atoms with Crippen molar-refractivity contribution in [3.63, 3.8) is 0 Å². The van der Waals surface area contributed by atoms with Crippen molar-refractivity contribution in [2.75, 3.05) is 5.32 Å². The van der Waals surface area contributed by atoms with Crippen LogP contribution in [0.2, 0.25) is 0 Å². The Morgan fingerprint density at radius 1 is 1.03 bits per heavy atom. The standard InChI is InChI=1S/C23H18FN5O3/c24-17-8-1-2-9-20(17)29-19-10-4-7-16(19)21(27-29)22(30)25-14-5-3-6-15(13-14)28-12-11-18(26-28)23(31)32/h1-3,5-6,8-9,11-13H,4,7,10H2,(H,25,30)(H,31,32). The van der Waals surface area contributed by atoms with Crippen molar-refractivity contribution in [1.82, 2.24) is 19.6 Å². The molecule has 4 aromatic rings. The van der Waals surface area contributed by atoms with Crippen molar-refractivity contribution in [2.24, 2.45) is 0 Å². The number of anilines is 1. The third-order valence-electron chi connectivity index (χ3n) is 5.40. The van der Waals surface area contributed by atoms with Gasteiger partial charge in [0.05, 0.1) is 5.69 Å². The van der Waals surface area contributed by atoms with Gasteiger partial charge in [0.2, 0.25) is 0 Å². The molecule has 1 amide bonds. The topological polar surface area (TPSA) is 102 Å². The van der Waals surface area contributed by atoms with Crippen LogP contribution >= 0.6 is 0 Å². The summed E-state index contributed by atoms with van der Waals surface area (Å²) in [4.78, 5) is 24.1. The Bertz CT molecular complexity index is 1360. The summed E-state index contributed by atoms with van der Waals surface area (Å²) in [5.74, 6) is -1.90. The average Bonchev–Trinajstić information content (AvgIpc) is 3.51. The molecule has 1 aliphatic rings. The van der Waals surface area contributed by atoms with E-state index >= 15 is 0 Å². The molecule has 0 bridgehead atoms. The second-order valence-corrected chi connectivity index (χ2v) is 7.45. The van der Waals surface area contributed by atoms with Gasteiger partial charge in [-0.15, -0.1) is 0 Å². The molecule has 1 aliphatic carbocycles. The lowest BCUT2D eigenvalue weighted by Crippen LogP contribution is -2.15. The molecule has 2 N–H and O–H groups in total. The van der Waals surface area contributed by atoms with Crippen LogP contribution in [0.25, 0.3) is 11.4 Å². The molecular weight excluding hydrogens is 413 g/mol. The number of carbonyl (C=O) groups is 2. The fraction of sp³-hybridized carbons (Fsp3) is 0.130. The van der Waals surface area contributed by atoms with Gasteiger partial charge in [-0.05, 0) is 55.7 Å². The summed E-state index contributed by atoms with van der Waals surface area (Å²) in [7, 11) is 0. The second kappa shape index (κ2) is 7.77. The zero-order valence-corrected chi connectivity index (χ0v) is 16.8. The molecule has 0 atom stereocenters. The van der Waals surface area contributed by atoms with Crippen LogP contribution < -0.4 is 5.32 Å². The van der Waals surface area contributed by atoms with E-state index in [1.165, 1.54) is 27.7 Å². The third kappa shape index (κ3) is 3.43. The first-order chi connectivity index (χ1) is 15.5. The molecule has 0 saturated heterocycles. The van der Waals surface area contributed by atoms with E-state index < -0.39 is 11.8 Å². The van der Waals surface area contributed by atoms with Crippen LogP contribution in [0.1, 0.15) is 38.7 Å². The molecule has 0 saturated carbocycles. The van der Waals surface area contributed by atoms with Crippen LogP contribution in [0.4, 0.5) is 10.1 Å². The molecule has 32 heavy (non-hydrogen) atoms. The first-order valence-corrected chi connectivity index (χ1v) is 10.1. The minimum Gasteiger partial charge on any atom is -0.476 e. The number of aromatic nitrogens is 4. The SMILES string of the molecule is O=C(O)c1ccn(-c2cccc(NC(=O)c3nn(-c4ccccc4F)c4c3CCC4)c2)n1. The largest absolute Gasteiger partial charge is 0.476 e. The Morgan fingerprint density at radius 3 is 2.66 bits per heavy atom. The summed E-state index contributed by atoms with van der Waals surface area (Å²) in [6.45, 7) is 0. The van der Waals surface area contributed by atoms with E-state index in [1.807, 2.05) is 0 Å². The number of carboxylic acid groups (broad SMARTS) is 1. The first kappa shape index (κ1) is 19.7. The summed E-state index contributed by atoms with van der Waals surface area (Å²) < 4.78 is 17.3. The van der Waals surface area contributed by atoms with Crippen LogP contribution in [0.5, 0.6) is 0 Å². The number of rotatable bonds is 5. The van der Waals surface area contributed by atoms with Gasteiger partial charge in [-0.25, -0.2) is 18.5 Å². The molecule has 5 rings (SSSR count). The van der Waals surface area contributed by atoms with E-state index in [4.69, 9.17) is 5.11 Å². The Morgan fingerprint density at radius 2 is 1.88 bits per heavy atom. The van der Waals surface area contributed by atoms with E-state index in [1.54, 1.807) is 42.5 Å². The lowest BCUT2D eigenvalue weighted by Gasteiger charge is -2.08. The summed E-state index contributed by atoms with van der Waals surface area (Å²) in [5.41, 5.74) is 3.31. The second-order valence-electron chi connectivity index (χ2n) is 7.45. The predicted octanol–water partition coefficient (Wildman–Crippen LogP) is 3.64. The number of nitrogens with one attached hydrogen (secondary N) is 1. The Balaban J connectivity index is 1.44. The maximum absolute atomic E-state index is 14.4. The van der Waals surface area contributed by atoms with Crippen molar-refractivity contribution in [3.05, 3.63) is 89.3 Å². The number of benzene rings is 2. The average molecular weight is 431 g/mol. The van der Waals surface area contributed by atoms with Crippen molar-refractivity contribution in [3.8, 4) is 11.4 Å². The van der Waals surface area contributed by atoms with Crippen LogP contribution in [-0.2, 0) is 12.8 Å². The molecule has 9 heteroatoms. The smallest absolute Gasteiger partial charge is 0.356 e. The molecular formula is C23H18FN5O3. The lowest BCUT2D eigenvalue weighted by molar-refractivity contribution is 0.0689. The highest BCUT2D eigenvalue weighted by molar-refractivity contribution is 6.04. The van der Waals surface area contributed by atoms with E-state index in [2.05, 4.69) is 15.5 Å². The van der Waals surface area contributed by atoms with E-state index in [9.17, 15) is 14.0 Å². The molecule has 0 unspecified atom stereocenters. The van der Waals surface area contributed by atoms with Gasteiger partial charge in [-0.3, -0.25) is 4.79 Å². The minimum atomic E-state index is -1.12. The molecule has 0 spiro atoms. The summed E-state index contributed by atoms with van der Waals surface area (Å²) in [5, 5.41) is 20.3. The highest BCUT2D eigenvalue weighted by atomic mass is 19.1. The minimum absolute atomic E-state index is 0.0753. The van der Waals surface area contributed by atoms with Gasteiger partial charge >= 0.3 is 5.97 Å². The van der Waals surface area contributed by atoms with Gasteiger partial charge < -0.3 is 10.4 Å². The number of para-hydroxylation sites is 1. The van der Waals surface area contributed by atoms with Crippen LogP contribution in [0, 0.1) is 5.82 Å². The molecule has 0 fully saturated rings.